The highest BCUT2D eigenvalue weighted by atomic mass is 35.5. The number of hydrogen-bond acceptors (Lipinski definition) is 4. The summed E-state index contributed by atoms with van der Waals surface area (Å²) in [5.41, 5.74) is 4.72. The van der Waals surface area contributed by atoms with Crippen molar-refractivity contribution in [1.29, 1.82) is 0 Å². The van der Waals surface area contributed by atoms with E-state index in [1.54, 1.807) is 49.4 Å². The first-order valence-corrected chi connectivity index (χ1v) is 14.0. The molecule has 4 aromatic carbocycles. The van der Waals surface area contributed by atoms with Crippen molar-refractivity contribution in [3.8, 4) is 0 Å². The van der Waals surface area contributed by atoms with E-state index in [1.165, 1.54) is 12.1 Å². The number of hydrazine groups is 1. The Labute approximate surface area is 242 Å². The Kier molecular flexibility index (Phi) is 5.91. The van der Waals surface area contributed by atoms with E-state index in [4.69, 9.17) is 11.6 Å². The van der Waals surface area contributed by atoms with Gasteiger partial charge in [-0.3, -0.25) is 19.2 Å². The first-order chi connectivity index (χ1) is 19.9. The van der Waals surface area contributed by atoms with Crippen LogP contribution in [-0.4, -0.2) is 39.6 Å². The molecule has 4 aromatic rings. The number of carbonyl (C=O) groups is 4. The number of rotatable bonds is 5. The van der Waals surface area contributed by atoms with Gasteiger partial charge in [-0.15, -0.1) is 0 Å². The Morgan fingerprint density at radius 1 is 0.659 bits per heavy atom. The Bertz CT molecular complexity index is 1620. The van der Waals surface area contributed by atoms with Gasteiger partial charge in [-0.1, -0.05) is 90.5 Å². The van der Waals surface area contributed by atoms with Crippen molar-refractivity contribution in [3.05, 3.63) is 142 Å². The molecule has 0 aromatic heterocycles. The largest absolute Gasteiger partial charge is 0.292 e. The Morgan fingerprint density at radius 3 is 1.56 bits per heavy atom. The lowest BCUT2D eigenvalue weighted by molar-refractivity contribution is -0.156. The summed E-state index contributed by atoms with van der Waals surface area (Å²) in [5, 5.41) is 2.47. The smallest absolute Gasteiger partial charge is 0.273 e. The van der Waals surface area contributed by atoms with Gasteiger partial charge in [-0.2, -0.15) is 5.01 Å². The quantitative estimate of drug-likeness (QED) is 0.226. The number of halogens is 1. The van der Waals surface area contributed by atoms with Crippen LogP contribution in [0.4, 0.5) is 0 Å². The van der Waals surface area contributed by atoms with E-state index >= 15 is 0 Å². The highest BCUT2D eigenvalue weighted by molar-refractivity contribution is 6.30. The van der Waals surface area contributed by atoms with Gasteiger partial charge in [0.2, 0.25) is 0 Å². The predicted octanol–water partition coefficient (Wildman–Crippen LogP) is 5.86. The summed E-state index contributed by atoms with van der Waals surface area (Å²) in [6, 6.07) is 29.6. The fourth-order valence-electron chi connectivity index (χ4n) is 6.99. The third-order valence-corrected chi connectivity index (χ3v) is 9.00. The van der Waals surface area contributed by atoms with Gasteiger partial charge in [0, 0.05) is 28.0 Å². The van der Waals surface area contributed by atoms with Crippen LogP contribution in [-0.2, 0) is 9.59 Å². The highest BCUT2D eigenvalue weighted by Gasteiger charge is 2.63. The molecular formula is C34H25ClN2O4. The topological polar surface area (TPSA) is 74.8 Å². The van der Waals surface area contributed by atoms with Gasteiger partial charge in [0.05, 0.1) is 11.8 Å². The molecule has 1 heterocycles. The first-order valence-electron chi connectivity index (χ1n) is 13.6. The number of ketones is 1. The van der Waals surface area contributed by atoms with E-state index in [9.17, 15) is 19.2 Å². The number of nitrogens with zero attached hydrogens (tertiary/aromatic N) is 2. The summed E-state index contributed by atoms with van der Waals surface area (Å²) in [4.78, 5) is 56.7. The van der Waals surface area contributed by atoms with Gasteiger partial charge in [-0.05, 0) is 53.4 Å². The lowest BCUT2D eigenvalue weighted by Gasteiger charge is -2.45. The standard InChI is InChI=1S/C34H25ClN2O4/c1-19(31(38)20-9-3-2-4-10-20)36(32(39)21-15-17-22(35)18-16-21)37-33(40)29-27-23-11-5-6-12-24(23)28(30(29)34(37)41)26-14-8-7-13-25(26)27/h2-19,27-30H,1H3/t19-,27?,28?,29-,30-/m1/s1. The van der Waals surface area contributed by atoms with Crippen LogP contribution in [0.5, 0.6) is 0 Å². The van der Waals surface area contributed by atoms with E-state index in [1.807, 2.05) is 48.5 Å². The second-order valence-corrected chi connectivity index (χ2v) is 11.3. The van der Waals surface area contributed by atoms with Crippen LogP contribution < -0.4 is 0 Å². The second-order valence-electron chi connectivity index (χ2n) is 10.8. The molecule has 0 saturated carbocycles. The molecule has 8 rings (SSSR count). The van der Waals surface area contributed by atoms with E-state index in [-0.39, 0.29) is 23.2 Å². The van der Waals surface area contributed by atoms with Crippen molar-refractivity contribution in [3.63, 3.8) is 0 Å². The van der Waals surface area contributed by atoms with Gasteiger partial charge in [0.25, 0.3) is 17.7 Å². The minimum atomic E-state index is -1.13. The lowest BCUT2D eigenvalue weighted by Crippen LogP contribution is -2.56. The van der Waals surface area contributed by atoms with Crippen LogP contribution in [0.2, 0.25) is 5.02 Å². The maximum Gasteiger partial charge on any atom is 0.273 e. The van der Waals surface area contributed by atoms with Crippen molar-refractivity contribution < 1.29 is 19.2 Å². The van der Waals surface area contributed by atoms with Crippen molar-refractivity contribution in [1.82, 2.24) is 10.0 Å². The summed E-state index contributed by atoms with van der Waals surface area (Å²) in [6.07, 6.45) is 0. The number of amides is 3. The van der Waals surface area contributed by atoms with Crippen molar-refractivity contribution in [2.75, 3.05) is 0 Å². The number of Topliss-reactive ketones (excluding diaryl/α,β-unsaturated/α-hetero) is 1. The van der Waals surface area contributed by atoms with Crippen LogP contribution >= 0.6 is 11.6 Å². The summed E-state index contributed by atoms with van der Waals surface area (Å²) in [5.74, 6) is -3.95. The van der Waals surface area contributed by atoms with Crippen LogP contribution in [0.15, 0.2) is 103 Å². The minimum absolute atomic E-state index is 0.215. The molecule has 0 N–H and O–H groups in total. The summed E-state index contributed by atoms with van der Waals surface area (Å²) in [6.45, 7) is 1.56. The molecule has 6 nitrogen and oxygen atoms in total. The summed E-state index contributed by atoms with van der Waals surface area (Å²) < 4.78 is 0. The maximum absolute atomic E-state index is 14.4. The Hall–Kier alpha value is -4.55. The minimum Gasteiger partial charge on any atom is -0.292 e. The van der Waals surface area contributed by atoms with Crippen molar-refractivity contribution >= 4 is 35.1 Å². The third-order valence-electron chi connectivity index (χ3n) is 8.74. The first kappa shape index (κ1) is 25.4. The van der Waals surface area contributed by atoms with Crippen LogP contribution in [0.3, 0.4) is 0 Å². The molecule has 7 heteroatoms. The zero-order valence-corrected chi connectivity index (χ0v) is 22.9. The molecule has 0 unspecified atom stereocenters. The zero-order chi connectivity index (χ0) is 28.4. The van der Waals surface area contributed by atoms with Gasteiger partial charge in [0.15, 0.2) is 5.78 Å². The summed E-state index contributed by atoms with van der Waals surface area (Å²) >= 11 is 6.07. The van der Waals surface area contributed by atoms with Gasteiger partial charge in [-0.25, -0.2) is 5.01 Å². The molecule has 2 bridgehead atoms. The average Bonchev–Trinajstić information content (AvgIpc) is 3.27. The maximum atomic E-state index is 14.4. The molecule has 1 fully saturated rings. The lowest BCUT2D eigenvalue weighted by atomic mass is 9.55. The molecule has 0 radical (unpaired) electrons. The average molecular weight is 561 g/mol. The third kappa shape index (κ3) is 3.71. The molecule has 0 spiro atoms. The van der Waals surface area contributed by atoms with Crippen LogP contribution in [0.1, 0.15) is 61.7 Å². The van der Waals surface area contributed by atoms with Gasteiger partial charge in [0.1, 0.15) is 6.04 Å². The fourth-order valence-corrected chi connectivity index (χ4v) is 7.12. The van der Waals surface area contributed by atoms with E-state index in [0.717, 1.165) is 32.3 Å². The molecule has 1 aliphatic heterocycles. The fraction of sp³-hybridized carbons (Fsp3) is 0.176. The molecule has 202 valence electrons. The molecule has 3 atom stereocenters. The zero-order valence-electron chi connectivity index (χ0n) is 22.1. The molecule has 3 amide bonds. The van der Waals surface area contributed by atoms with Gasteiger partial charge >= 0.3 is 0 Å². The Balaban J connectivity index is 1.36. The number of carbonyl (C=O) groups excluding carboxylic acids is 4. The monoisotopic (exact) mass is 560 g/mol. The van der Waals surface area contributed by atoms with E-state index in [2.05, 4.69) is 0 Å². The molecule has 3 aliphatic carbocycles. The number of hydrogen-bond donors (Lipinski definition) is 0. The van der Waals surface area contributed by atoms with Crippen molar-refractivity contribution in [2.24, 2.45) is 11.8 Å². The SMILES string of the molecule is C[C@H](C(=O)c1ccccc1)N(C(=O)c1ccc(Cl)cc1)N1C(=O)[C@@H]2C3c4ccccc4C(c4ccccc43)[C@H]2C1=O. The molecule has 1 saturated heterocycles. The normalized spacial score (nSPS) is 22.5. The molecule has 41 heavy (non-hydrogen) atoms. The molecule has 4 aliphatic rings. The Morgan fingerprint density at radius 2 is 1.10 bits per heavy atom. The highest BCUT2D eigenvalue weighted by Crippen LogP contribution is 2.61. The van der Waals surface area contributed by atoms with E-state index < -0.39 is 35.6 Å². The molecular weight excluding hydrogens is 536 g/mol. The second kappa shape index (κ2) is 9.53. The van der Waals surface area contributed by atoms with Gasteiger partial charge < -0.3 is 0 Å². The number of imide groups is 1. The van der Waals surface area contributed by atoms with Crippen LogP contribution in [0, 0.1) is 11.8 Å². The number of benzene rings is 4. The predicted molar refractivity (Wildman–Crippen MR) is 153 cm³/mol. The van der Waals surface area contributed by atoms with Crippen LogP contribution in [0.25, 0.3) is 0 Å². The van der Waals surface area contributed by atoms with Crippen molar-refractivity contribution in [2.45, 2.75) is 24.8 Å². The summed E-state index contributed by atoms with van der Waals surface area (Å²) in [7, 11) is 0. The van der Waals surface area contributed by atoms with E-state index in [0.29, 0.717) is 10.6 Å².